The number of benzene rings is 1. The summed E-state index contributed by atoms with van der Waals surface area (Å²) >= 11 is 0. The van der Waals surface area contributed by atoms with Crippen LogP contribution in [0.3, 0.4) is 0 Å². The Labute approximate surface area is 221 Å². The molecule has 0 unspecified atom stereocenters. The van der Waals surface area contributed by atoms with Gasteiger partial charge in [0.25, 0.3) is 10.1 Å². The number of rotatable bonds is 10. The molecule has 0 atom stereocenters. The summed E-state index contributed by atoms with van der Waals surface area (Å²) in [6.45, 7) is 7.36. The van der Waals surface area contributed by atoms with E-state index in [1.54, 1.807) is 0 Å². The van der Waals surface area contributed by atoms with Gasteiger partial charge in [0.1, 0.15) is 12.1 Å². The number of carboxylic acids is 1. The minimum atomic E-state index is -3.95. The van der Waals surface area contributed by atoms with Crippen LogP contribution in [-0.2, 0) is 21.5 Å². The third kappa shape index (κ3) is 6.31. The SMILES string of the molecule is CC1=CC(C)(C)N(CCCC(=O)O)c2cc3oc(=O)c(-c4cc[n+](CCCCS(=O)(=O)O)cc4)cc3cc21. The van der Waals surface area contributed by atoms with Crippen molar-refractivity contribution in [2.75, 3.05) is 17.2 Å². The first-order valence-corrected chi connectivity index (χ1v) is 14.2. The smallest absolute Gasteiger partial charge is 0.344 e. The summed E-state index contributed by atoms with van der Waals surface area (Å²) in [5, 5.41) is 9.87. The molecular weight excluding hydrogens is 508 g/mol. The van der Waals surface area contributed by atoms with Crippen LogP contribution in [0.4, 0.5) is 5.69 Å². The van der Waals surface area contributed by atoms with Gasteiger partial charge in [0.2, 0.25) is 0 Å². The second-order valence-electron chi connectivity index (χ2n) is 10.3. The number of pyridine rings is 1. The zero-order valence-corrected chi connectivity index (χ0v) is 22.6. The lowest BCUT2D eigenvalue weighted by molar-refractivity contribution is -0.697. The zero-order valence-electron chi connectivity index (χ0n) is 21.8. The first-order valence-electron chi connectivity index (χ1n) is 12.6. The zero-order chi connectivity index (χ0) is 27.7. The lowest BCUT2D eigenvalue weighted by Gasteiger charge is -2.43. The molecule has 3 aromatic rings. The second kappa shape index (κ2) is 10.7. The van der Waals surface area contributed by atoms with Crippen LogP contribution in [0.5, 0.6) is 0 Å². The number of aliphatic carboxylic acids is 1. The molecule has 0 saturated carbocycles. The van der Waals surface area contributed by atoms with Gasteiger partial charge in [-0.3, -0.25) is 9.35 Å². The molecule has 2 aromatic heterocycles. The fourth-order valence-corrected chi connectivity index (χ4v) is 5.62. The van der Waals surface area contributed by atoms with Crippen LogP contribution in [0, 0.1) is 0 Å². The normalized spacial score (nSPS) is 14.8. The van der Waals surface area contributed by atoms with Crippen molar-refractivity contribution in [3.63, 3.8) is 0 Å². The quantitative estimate of drug-likeness (QED) is 0.168. The number of carboxylic acid groups (broad SMARTS) is 1. The van der Waals surface area contributed by atoms with Crippen molar-refractivity contribution in [3.8, 4) is 11.1 Å². The fourth-order valence-electron chi connectivity index (χ4n) is 5.05. The molecule has 3 heterocycles. The van der Waals surface area contributed by atoms with Gasteiger partial charge in [0, 0.05) is 59.8 Å². The van der Waals surface area contributed by atoms with Gasteiger partial charge in [-0.15, -0.1) is 0 Å². The van der Waals surface area contributed by atoms with Gasteiger partial charge < -0.3 is 14.4 Å². The van der Waals surface area contributed by atoms with E-state index in [0.29, 0.717) is 49.1 Å². The van der Waals surface area contributed by atoms with Crippen molar-refractivity contribution in [3.05, 3.63) is 64.8 Å². The van der Waals surface area contributed by atoms with E-state index >= 15 is 0 Å². The van der Waals surface area contributed by atoms with Gasteiger partial charge in [-0.25, -0.2) is 9.36 Å². The number of aromatic nitrogens is 1. The van der Waals surface area contributed by atoms with Gasteiger partial charge in [-0.1, -0.05) is 6.08 Å². The highest BCUT2D eigenvalue weighted by atomic mass is 32.2. The third-order valence-corrected chi connectivity index (χ3v) is 7.68. The van der Waals surface area contributed by atoms with Crippen molar-refractivity contribution in [2.24, 2.45) is 0 Å². The largest absolute Gasteiger partial charge is 0.481 e. The predicted octanol–water partition coefficient (Wildman–Crippen LogP) is 4.28. The summed E-state index contributed by atoms with van der Waals surface area (Å²) in [6, 6.07) is 9.35. The minimum Gasteiger partial charge on any atom is -0.481 e. The van der Waals surface area contributed by atoms with E-state index in [0.717, 1.165) is 22.2 Å². The minimum absolute atomic E-state index is 0.0816. The standard InChI is InChI=1S/C28H32N2O7S/c1-19-18-28(2,3)30(11-6-7-26(31)32)24-17-25-21(15-22(19)24)16-23(27(33)37-25)20-8-12-29(13-9-20)10-4-5-14-38(34,35)36/h8-9,12-13,15-18H,4-7,10-11,14H2,1-3H3,(H-,31,32,34,35,36)/p+1. The topological polar surface area (TPSA) is 129 Å². The number of unbranched alkanes of at least 4 members (excludes halogenated alkanes) is 1. The van der Waals surface area contributed by atoms with Crippen molar-refractivity contribution in [1.29, 1.82) is 0 Å². The first kappa shape index (κ1) is 27.5. The van der Waals surface area contributed by atoms with Crippen LogP contribution in [0.2, 0.25) is 0 Å². The Morgan fingerprint density at radius 2 is 1.76 bits per heavy atom. The first-order chi connectivity index (χ1) is 17.8. The maximum Gasteiger partial charge on any atom is 0.344 e. The van der Waals surface area contributed by atoms with Gasteiger partial charge in [0.05, 0.1) is 16.9 Å². The highest BCUT2D eigenvalue weighted by Crippen LogP contribution is 2.41. The molecule has 0 fully saturated rings. The van der Waals surface area contributed by atoms with Crippen molar-refractivity contribution in [2.45, 2.75) is 58.5 Å². The van der Waals surface area contributed by atoms with Crippen LogP contribution < -0.4 is 15.1 Å². The maximum absolute atomic E-state index is 13.0. The molecule has 0 spiro atoms. The van der Waals surface area contributed by atoms with Crippen LogP contribution in [0.25, 0.3) is 27.7 Å². The highest BCUT2D eigenvalue weighted by Gasteiger charge is 2.31. The van der Waals surface area contributed by atoms with Gasteiger partial charge >= 0.3 is 11.6 Å². The monoisotopic (exact) mass is 541 g/mol. The number of anilines is 1. The van der Waals surface area contributed by atoms with Crippen LogP contribution in [0.1, 0.15) is 52.0 Å². The molecule has 4 rings (SSSR count). The molecule has 0 radical (unpaired) electrons. The summed E-state index contributed by atoms with van der Waals surface area (Å²) < 4.78 is 38.2. The lowest BCUT2D eigenvalue weighted by atomic mass is 9.87. The summed E-state index contributed by atoms with van der Waals surface area (Å²) in [4.78, 5) is 26.2. The Hall–Kier alpha value is -3.50. The molecule has 0 bridgehead atoms. The molecule has 2 N–H and O–H groups in total. The Morgan fingerprint density at radius 1 is 1.08 bits per heavy atom. The van der Waals surface area contributed by atoms with E-state index in [1.165, 1.54) is 0 Å². The Bertz CT molecular complexity index is 1550. The Kier molecular flexibility index (Phi) is 7.75. The maximum atomic E-state index is 13.0. The fraction of sp³-hybridized carbons (Fsp3) is 0.393. The molecule has 38 heavy (non-hydrogen) atoms. The second-order valence-corrected chi connectivity index (χ2v) is 11.9. The molecule has 1 aliphatic heterocycles. The number of aryl methyl sites for hydroxylation is 1. The van der Waals surface area contributed by atoms with Gasteiger partial charge in [0.15, 0.2) is 12.4 Å². The Morgan fingerprint density at radius 3 is 2.42 bits per heavy atom. The third-order valence-electron chi connectivity index (χ3n) is 6.87. The molecular formula is C28H33N2O7S+. The number of allylic oxidation sites excluding steroid dienone is 1. The summed E-state index contributed by atoms with van der Waals surface area (Å²) in [5.41, 5.74) is 3.86. The van der Waals surface area contributed by atoms with Crippen molar-refractivity contribution in [1.82, 2.24) is 0 Å². The van der Waals surface area contributed by atoms with Crippen molar-refractivity contribution < 1.29 is 31.9 Å². The van der Waals surface area contributed by atoms with E-state index in [1.807, 2.05) is 54.2 Å². The molecule has 0 aliphatic carbocycles. The predicted molar refractivity (Wildman–Crippen MR) is 146 cm³/mol. The number of hydrogen-bond donors (Lipinski definition) is 2. The van der Waals surface area contributed by atoms with E-state index < -0.39 is 21.7 Å². The van der Waals surface area contributed by atoms with E-state index in [-0.39, 0.29) is 17.7 Å². The summed E-state index contributed by atoms with van der Waals surface area (Å²) in [5.74, 6) is -1.09. The average molecular weight is 542 g/mol. The summed E-state index contributed by atoms with van der Waals surface area (Å²) in [7, 11) is -3.95. The van der Waals surface area contributed by atoms with Crippen LogP contribution >= 0.6 is 0 Å². The molecule has 0 amide bonds. The average Bonchev–Trinajstić information content (AvgIpc) is 2.82. The van der Waals surface area contributed by atoms with Crippen molar-refractivity contribution >= 4 is 38.3 Å². The molecule has 10 heteroatoms. The van der Waals surface area contributed by atoms with E-state index in [4.69, 9.17) is 14.1 Å². The van der Waals surface area contributed by atoms with Crippen LogP contribution in [0.15, 0.2) is 58.0 Å². The lowest BCUT2D eigenvalue weighted by Crippen LogP contribution is -2.45. The van der Waals surface area contributed by atoms with E-state index in [2.05, 4.69) is 24.8 Å². The van der Waals surface area contributed by atoms with E-state index in [9.17, 15) is 18.0 Å². The number of hydrogen-bond acceptors (Lipinski definition) is 6. The molecule has 1 aliphatic rings. The molecule has 1 aromatic carbocycles. The molecule has 0 saturated heterocycles. The van der Waals surface area contributed by atoms with Gasteiger partial charge in [-0.05, 0) is 51.3 Å². The van der Waals surface area contributed by atoms with Crippen LogP contribution in [-0.4, -0.2) is 41.9 Å². The number of carbonyl (C=O) groups is 1. The van der Waals surface area contributed by atoms with Gasteiger partial charge in [-0.2, -0.15) is 8.42 Å². The highest BCUT2D eigenvalue weighted by molar-refractivity contribution is 7.85. The summed E-state index contributed by atoms with van der Waals surface area (Å²) in [6.07, 6.45) is 7.34. The number of nitrogens with zero attached hydrogens (tertiary/aromatic N) is 2. The Balaban J connectivity index is 1.62. The number of fused-ring (bicyclic) bond motifs is 2. The molecule has 202 valence electrons. The molecule has 9 nitrogen and oxygen atoms in total.